The maximum Gasteiger partial charge on any atom is 0.344 e. The van der Waals surface area contributed by atoms with Crippen molar-refractivity contribution >= 4 is 0 Å². The van der Waals surface area contributed by atoms with E-state index in [1.165, 1.54) is 6.92 Å². The van der Waals surface area contributed by atoms with E-state index in [1.54, 1.807) is 0 Å². The van der Waals surface area contributed by atoms with E-state index in [9.17, 15) is 14.7 Å². The minimum Gasteiger partial charge on any atom is -0.393 e. The number of H-pyrrole nitrogens is 2. The molecule has 1 atom stereocenters. The smallest absolute Gasteiger partial charge is 0.344 e. The Hall–Kier alpha value is -1.34. The predicted molar refractivity (Wildman–Crippen MR) is 43.4 cm³/mol. The normalized spacial score (nSPS) is 15.6. The molecule has 0 bridgehead atoms. The average Bonchev–Trinajstić information content (AvgIpc) is 2.36. The molecule has 1 aromatic rings. The maximum absolute atomic E-state index is 10.9. The quantitative estimate of drug-likeness (QED) is 0.425. The number of nitrogens with one attached hydrogen (secondary N) is 2. The number of aliphatic hydroxyl groups excluding tert-OH is 1. The van der Waals surface area contributed by atoms with Crippen molar-refractivity contribution in [3.8, 4) is 0 Å². The van der Waals surface area contributed by atoms with Crippen molar-refractivity contribution in [1.29, 1.82) is 0 Å². The van der Waals surface area contributed by atoms with Crippen molar-refractivity contribution in [2.75, 3.05) is 6.61 Å². The summed E-state index contributed by atoms with van der Waals surface area (Å²) in [5.41, 5.74) is -2.75. The molecule has 0 aliphatic carbocycles. The lowest BCUT2D eigenvalue weighted by Crippen LogP contribution is -2.41. The van der Waals surface area contributed by atoms with Gasteiger partial charge in [-0.1, -0.05) is 0 Å². The van der Waals surface area contributed by atoms with E-state index in [0.717, 1.165) is 4.57 Å². The van der Waals surface area contributed by atoms with Gasteiger partial charge in [0.2, 0.25) is 0 Å². The summed E-state index contributed by atoms with van der Waals surface area (Å²) in [5.74, 6) is 0. The van der Waals surface area contributed by atoms with Crippen LogP contribution in [0.1, 0.15) is 6.92 Å². The Morgan fingerprint density at radius 3 is 2.23 bits per heavy atom. The summed E-state index contributed by atoms with van der Waals surface area (Å²) in [6.07, 6.45) is 0. The molecule has 1 aromatic heterocycles. The highest BCUT2D eigenvalue weighted by atomic mass is 16.3. The van der Waals surface area contributed by atoms with Gasteiger partial charge in [-0.2, -0.15) is 0 Å². The second-order valence-corrected chi connectivity index (χ2v) is 3.10. The zero-order valence-corrected chi connectivity index (χ0v) is 7.07. The van der Waals surface area contributed by atoms with Crippen molar-refractivity contribution in [3.05, 3.63) is 21.0 Å². The second-order valence-electron chi connectivity index (χ2n) is 3.10. The lowest BCUT2D eigenvalue weighted by Gasteiger charge is -2.18. The first-order valence-corrected chi connectivity index (χ1v) is 3.67. The molecule has 4 N–H and O–H groups in total. The standard InChI is InChI=1S/C6H11N3O4/c1-6(13,3-10)2-9-4(11)7-8-5(9)12/h10,13H,2-3H2,1H3,(H,7,11)(H,8,12). The van der Waals surface area contributed by atoms with E-state index in [-0.39, 0.29) is 6.54 Å². The Morgan fingerprint density at radius 2 is 1.85 bits per heavy atom. The van der Waals surface area contributed by atoms with E-state index in [1.807, 2.05) is 0 Å². The van der Waals surface area contributed by atoms with Crippen LogP contribution in [0, 0.1) is 0 Å². The molecule has 0 fully saturated rings. The molecular formula is C6H11N3O4. The van der Waals surface area contributed by atoms with Crippen molar-refractivity contribution in [3.63, 3.8) is 0 Å². The minimum absolute atomic E-state index is 0.249. The van der Waals surface area contributed by atoms with Crippen molar-refractivity contribution < 1.29 is 10.2 Å². The van der Waals surface area contributed by atoms with Gasteiger partial charge >= 0.3 is 11.4 Å². The van der Waals surface area contributed by atoms with Gasteiger partial charge < -0.3 is 10.2 Å². The highest BCUT2D eigenvalue weighted by molar-refractivity contribution is 4.76. The van der Waals surface area contributed by atoms with Crippen LogP contribution >= 0.6 is 0 Å². The molecule has 7 heteroatoms. The third-order valence-corrected chi connectivity index (χ3v) is 1.61. The van der Waals surface area contributed by atoms with Gasteiger partial charge in [-0.05, 0) is 6.92 Å². The Balaban J connectivity index is 2.99. The van der Waals surface area contributed by atoms with E-state index in [4.69, 9.17) is 5.11 Å². The SMILES string of the molecule is CC(O)(CO)Cn1c(=O)[nH][nH]c1=O. The first-order valence-electron chi connectivity index (χ1n) is 3.67. The molecule has 0 aliphatic rings. The van der Waals surface area contributed by atoms with Crippen LogP contribution in [0.15, 0.2) is 9.59 Å². The zero-order valence-electron chi connectivity index (χ0n) is 7.07. The Bertz CT molecular complexity index is 358. The minimum atomic E-state index is -1.47. The number of aromatic nitrogens is 3. The lowest BCUT2D eigenvalue weighted by atomic mass is 10.1. The molecule has 1 heterocycles. The zero-order chi connectivity index (χ0) is 10.1. The van der Waals surface area contributed by atoms with E-state index < -0.39 is 23.6 Å². The van der Waals surface area contributed by atoms with Gasteiger partial charge in [-0.3, -0.25) is 0 Å². The predicted octanol–water partition coefficient (Wildman–Crippen LogP) is -2.39. The molecule has 1 unspecified atom stereocenters. The molecule has 0 aliphatic heterocycles. The fourth-order valence-corrected chi connectivity index (χ4v) is 0.868. The average molecular weight is 189 g/mol. The fraction of sp³-hybridized carbons (Fsp3) is 0.667. The molecule has 7 nitrogen and oxygen atoms in total. The molecule has 0 aromatic carbocycles. The van der Waals surface area contributed by atoms with Gasteiger partial charge in [0.05, 0.1) is 13.2 Å². The van der Waals surface area contributed by atoms with Gasteiger partial charge in [-0.25, -0.2) is 24.4 Å². The summed E-state index contributed by atoms with van der Waals surface area (Å²) in [5, 5.41) is 22.2. The monoisotopic (exact) mass is 189 g/mol. The van der Waals surface area contributed by atoms with Crippen LogP contribution in [0.4, 0.5) is 0 Å². The number of hydrogen-bond donors (Lipinski definition) is 4. The highest BCUT2D eigenvalue weighted by Gasteiger charge is 2.21. The topological polar surface area (TPSA) is 111 Å². The van der Waals surface area contributed by atoms with E-state index in [0.29, 0.717) is 0 Å². The molecule has 0 saturated heterocycles. The molecule has 0 spiro atoms. The van der Waals surface area contributed by atoms with Gasteiger partial charge in [-0.15, -0.1) is 0 Å². The Kier molecular flexibility index (Phi) is 2.39. The number of hydrogen-bond acceptors (Lipinski definition) is 4. The molecule has 0 saturated carbocycles. The third kappa shape index (κ3) is 2.07. The number of aliphatic hydroxyl groups is 2. The summed E-state index contributed by atoms with van der Waals surface area (Å²) < 4.78 is 0.774. The number of nitrogens with zero attached hydrogens (tertiary/aromatic N) is 1. The molecular weight excluding hydrogens is 178 g/mol. The molecule has 0 amide bonds. The van der Waals surface area contributed by atoms with Crippen LogP contribution < -0.4 is 11.4 Å². The molecule has 13 heavy (non-hydrogen) atoms. The fourth-order valence-electron chi connectivity index (χ4n) is 0.868. The summed E-state index contributed by atoms with van der Waals surface area (Å²) in [6, 6.07) is 0. The summed E-state index contributed by atoms with van der Waals surface area (Å²) >= 11 is 0. The second kappa shape index (κ2) is 3.19. The van der Waals surface area contributed by atoms with Gasteiger partial charge in [0.25, 0.3) is 0 Å². The van der Waals surface area contributed by atoms with Crippen LogP contribution in [0.25, 0.3) is 0 Å². The largest absolute Gasteiger partial charge is 0.393 e. The highest BCUT2D eigenvalue weighted by Crippen LogP contribution is 2.01. The third-order valence-electron chi connectivity index (χ3n) is 1.61. The van der Waals surface area contributed by atoms with Crippen LogP contribution in [0.5, 0.6) is 0 Å². The Morgan fingerprint density at radius 1 is 1.38 bits per heavy atom. The van der Waals surface area contributed by atoms with Gasteiger partial charge in [0, 0.05) is 0 Å². The van der Waals surface area contributed by atoms with Crippen molar-refractivity contribution in [2.24, 2.45) is 0 Å². The number of aromatic amines is 2. The van der Waals surface area contributed by atoms with Crippen molar-refractivity contribution in [1.82, 2.24) is 14.8 Å². The summed E-state index contributed by atoms with van der Waals surface area (Å²) in [6.45, 7) is 0.553. The van der Waals surface area contributed by atoms with Gasteiger partial charge in [0.15, 0.2) is 0 Å². The van der Waals surface area contributed by atoms with Crippen LogP contribution in [0.2, 0.25) is 0 Å². The Labute approximate surface area is 72.6 Å². The van der Waals surface area contributed by atoms with Crippen LogP contribution in [-0.4, -0.2) is 37.2 Å². The van der Waals surface area contributed by atoms with E-state index >= 15 is 0 Å². The van der Waals surface area contributed by atoms with Crippen LogP contribution in [-0.2, 0) is 6.54 Å². The van der Waals surface area contributed by atoms with Gasteiger partial charge in [0.1, 0.15) is 5.60 Å². The summed E-state index contributed by atoms with van der Waals surface area (Å²) in [7, 11) is 0. The maximum atomic E-state index is 10.9. The first kappa shape index (κ1) is 9.75. The van der Waals surface area contributed by atoms with E-state index in [2.05, 4.69) is 10.2 Å². The summed E-state index contributed by atoms with van der Waals surface area (Å²) in [4.78, 5) is 21.8. The first-order chi connectivity index (χ1) is 5.96. The molecule has 74 valence electrons. The molecule has 0 radical (unpaired) electrons. The molecule has 1 rings (SSSR count). The number of rotatable bonds is 3. The van der Waals surface area contributed by atoms with Crippen molar-refractivity contribution in [2.45, 2.75) is 19.1 Å². The van der Waals surface area contributed by atoms with Crippen LogP contribution in [0.3, 0.4) is 0 Å². The lowest BCUT2D eigenvalue weighted by molar-refractivity contribution is -0.0133.